The van der Waals surface area contributed by atoms with Gasteiger partial charge in [-0.1, -0.05) is 6.07 Å². The largest absolute Gasteiger partial charge is 0.537 e. The average Bonchev–Trinajstić information content (AvgIpc) is 2.39. The predicted octanol–water partition coefficient (Wildman–Crippen LogP) is 1.43. The van der Waals surface area contributed by atoms with E-state index in [4.69, 9.17) is 19.0 Å². The Morgan fingerprint density at radius 1 is 1.15 bits per heavy atom. The Labute approximate surface area is 119 Å². The second-order valence-electron chi connectivity index (χ2n) is 3.89. The van der Waals surface area contributed by atoms with Gasteiger partial charge < -0.3 is 19.0 Å². The first-order valence-corrected chi connectivity index (χ1v) is 8.19. The van der Waals surface area contributed by atoms with E-state index in [1.807, 2.05) is 20.8 Å². The number of nitrogen functional groups attached to an aromatic ring is 1. The van der Waals surface area contributed by atoms with Crippen molar-refractivity contribution in [3.8, 4) is 0 Å². The predicted molar refractivity (Wildman–Crippen MR) is 77.8 cm³/mol. The Morgan fingerprint density at radius 3 is 2.05 bits per heavy atom. The monoisotopic (exact) mass is 300 g/mol. The molecule has 8 heteroatoms. The lowest BCUT2D eigenvalue weighted by Crippen LogP contribution is -2.56. The van der Waals surface area contributed by atoms with Crippen molar-refractivity contribution >= 4 is 25.4 Å². The standard InChI is InChI=1S/C12H20N2O5Si/c1-4-17-20(18-5-2,19-6-3)10-7-8-11(13)12(9-10)14(15)16/h7-9H,4-6,13H2,1-3H3. The molecule has 0 aliphatic rings. The van der Waals surface area contributed by atoms with E-state index < -0.39 is 13.7 Å². The normalized spacial score (nSPS) is 11.6. The van der Waals surface area contributed by atoms with E-state index in [0.717, 1.165) is 0 Å². The molecule has 0 atom stereocenters. The fraction of sp³-hybridized carbons (Fsp3) is 0.500. The van der Waals surface area contributed by atoms with E-state index in [2.05, 4.69) is 0 Å². The molecule has 112 valence electrons. The minimum absolute atomic E-state index is 0.103. The molecule has 7 nitrogen and oxygen atoms in total. The van der Waals surface area contributed by atoms with Crippen LogP contribution in [0.2, 0.25) is 0 Å². The molecule has 0 saturated heterocycles. The summed E-state index contributed by atoms with van der Waals surface area (Å²) >= 11 is 0. The van der Waals surface area contributed by atoms with Crippen molar-refractivity contribution in [3.05, 3.63) is 28.3 Å². The molecule has 0 bridgehead atoms. The van der Waals surface area contributed by atoms with Gasteiger partial charge in [0.1, 0.15) is 5.69 Å². The van der Waals surface area contributed by atoms with E-state index in [0.29, 0.717) is 25.0 Å². The van der Waals surface area contributed by atoms with Crippen LogP contribution in [0.25, 0.3) is 0 Å². The third kappa shape index (κ3) is 3.54. The van der Waals surface area contributed by atoms with Crippen LogP contribution in [0.15, 0.2) is 18.2 Å². The molecule has 0 spiro atoms. The maximum absolute atomic E-state index is 11.0. The van der Waals surface area contributed by atoms with Gasteiger partial charge in [0.25, 0.3) is 5.69 Å². The molecule has 0 heterocycles. The van der Waals surface area contributed by atoms with Crippen LogP contribution in [0.4, 0.5) is 11.4 Å². The van der Waals surface area contributed by atoms with Crippen molar-refractivity contribution < 1.29 is 18.2 Å². The summed E-state index contributed by atoms with van der Waals surface area (Å²) in [5, 5.41) is 11.5. The summed E-state index contributed by atoms with van der Waals surface area (Å²) in [7, 11) is -3.13. The summed E-state index contributed by atoms with van der Waals surface area (Å²) in [6.45, 7) is 6.65. The molecule has 0 aliphatic carbocycles. The lowest BCUT2D eigenvalue weighted by Gasteiger charge is -2.28. The highest BCUT2D eigenvalue weighted by atomic mass is 28.4. The number of nitrogens with two attached hydrogens (primary N) is 1. The van der Waals surface area contributed by atoms with Gasteiger partial charge in [-0.05, 0) is 26.8 Å². The second-order valence-corrected chi connectivity index (χ2v) is 6.44. The van der Waals surface area contributed by atoms with Crippen LogP contribution in [0.5, 0.6) is 0 Å². The van der Waals surface area contributed by atoms with Crippen LogP contribution in [-0.2, 0) is 13.3 Å². The van der Waals surface area contributed by atoms with Gasteiger partial charge >= 0.3 is 8.80 Å². The third-order valence-electron chi connectivity index (χ3n) is 2.58. The fourth-order valence-electron chi connectivity index (χ4n) is 1.84. The van der Waals surface area contributed by atoms with Crippen molar-refractivity contribution in [3.63, 3.8) is 0 Å². The molecule has 1 aromatic carbocycles. The summed E-state index contributed by atoms with van der Waals surface area (Å²) in [5.41, 5.74) is 5.54. The van der Waals surface area contributed by atoms with Crippen molar-refractivity contribution in [1.29, 1.82) is 0 Å². The van der Waals surface area contributed by atoms with Crippen LogP contribution in [0.1, 0.15) is 20.8 Å². The van der Waals surface area contributed by atoms with Gasteiger partial charge in [-0.15, -0.1) is 0 Å². The minimum atomic E-state index is -3.13. The molecule has 1 rings (SSSR count). The smallest absolute Gasteiger partial charge is 0.393 e. The molecular weight excluding hydrogens is 280 g/mol. The van der Waals surface area contributed by atoms with E-state index in [1.54, 1.807) is 6.07 Å². The fourth-order valence-corrected chi connectivity index (χ4v) is 4.33. The Morgan fingerprint density at radius 2 is 1.65 bits per heavy atom. The minimum Gasteiger partial charge on any atom is -0.393 e. The second kappa shape index (κ2) is 7.34. The topological polar surface area (TPSA) is 96.8 Å². The molecule has 0 aromatic heterocycles. The average molecular weight is 300 g/mol. The van der Waals surface area contributed by atoms with E-state index in [-0.39, 0.29) is 11.4 Å². The summed E-state index contributed by atoms with van der Waals surface area (Å²) < 4.78 is 17.1. The van der Waals surface area contributed by atoms with Crippen LogP contribution in [0.3, 0.4) is 0 Å². The van der Waals surface area contributed by atoms with Gasteiger partial charge in [0.15, 0.2) is 0 Å². The zero-order valence-electron chi connectivity index (χ0n) is 11.9. The number of benzene rings is 1. The highest BCUT2D eigenvalue weighted by Gasteiger charge is 2.44. The number of nitro benzene ring substituents is 1. The third-order valence-corrected chi connectivity index (χ3v) is 5.61. The summed E-state index contributed by atoms with van der Waals surface area (Å²) in [4.78, 5) is 10.5. The molecule has 0 unspecified atom stereocenters. The molecule has 0 radical (unpaired) electrons. The van der Waals surface area contributed by atoms with Crippen molar-refractivity contribution in [2.45, 2.75) is 20.8 Å². The number of hydrogen-bond acceptors (Lipinski definition) is 6. The highest BCUT2D eigenvalue weighted by Crippen LogP contribution is 2.21. The van der Waals surface area contributed by atoms with Crippen molar-refractivity contribution in [1.82, 2.24) is 0 Å². The first kappa shape index (κ1) is 16.6. The number of hydrogen-bond donors (Lipinski definition) is 1. The Hall–Kier alpha value is -1.48. The van der Waals surface area contributed by atoms with Gasteiger partial charge in [-0.3, -0.25) is 10.1 Å². The maximum atomic E-state index is 11.0. The summed E-state index contributed by atoms with van der Waals surface area (Å²) in [6.07, 6.45) is 0. The van der Waals surface area contributed by atoms with Gasteiger partial charge in [-0.2, -0.15) is 0 Å². The number of anilines is 1. The summed E-state index contributed by atoms with van der Waals surface area (Å²) in [5.74, 6) is 0. The zero-order valence-corrected chi connectivity index (χ0v) is 12.9. The first-order chi connectivity index (χ1) is 9.50. The van der Waals surface area contributed by atoms with Crippen LogP contribution >= 0.6 is 0 Å². The highest BCUT2D eigenvalue weighted by molar-refractivity contribution is 6.75. The zero-order chi connectivity index (χ0) is 15.2. The first-order valence-electron chi connectivity index (χ1n) is 6.47. The number of nitro groups is 1. The molecule has 20 heavy (non-hydrogen) atoms. The van der Waals surface area contributed by atoms with Crippen LogP contribution in [0, 0.1) is 10.1 Å². The lowest BCUT2D eigenvalue weighted by atomic mass is 10.3. The van der Waals surface area contributed by atoms with Crippen molar-refractivity contribution in [2.75, 3.05) is 25.6 Å². The SMILES string of the molecule is CCO[Si](OCC)(OCC)c1ccc(N)c([N+](=O)[O-])c1. The van der Waals surface area contributed by atoms with E-state index in [1.165, 1.54) is 12.1 Å². The van der Waals surface area contributed by atoms with E-state index in [9.17, 15) is 10.1 Å². The molecule has 0 saturated carbocycles. The Kier molecular flexibility index (Phi) is 6.08. The maximum Gasteiger partial charge on any atom is 0.537 e. The van der Waals surface area contributed by atoms with Crippen LogP contribution < -0.4 is 10.9 Å². The molecule has 2 N–H and O–H groups in total. The van der Waals surface area contributed by atoms with Gasteiger partial charge in [0.2, 0.25) is 0 Å². The molecule has 0 amide bonds. The molecule has 0 fully saturated rings. The molecule has 0 aliphatic heterocycles. The Balaban J connectivity index is 3.31. The van der Waals surface area contributed by atoms with Gasteiger partial charge in [0, 0.05) is 31.1 Å². The van der Waals surface area contributed by atoms with Gasteiger partial charge in [0.05, 0.1) is 4.92 Å². The molecular formula is C12H20N2O5Si. The quantitative estimate of drug-likeness (QED) is 0.337. The summed E-state index contributed by atoms with van der Waals surface area (Å²) in [6, 6.07) is 4.52. The number of nitrogens with zero attached hydrogens (tertiary/aromatic N) is 1. The van der Waals surface area contributed by atoms with Crippen LogP contribution in [-0.4, -0.2) is 33.5 Å². The van der Waals surface area contributed by atoms with Gasteiger partial charge in [-0.25, -0.2) is 0 Å². The number of rotatable bonds is 8. The lowest BCUT2D eigenvalue weighted by molar-refractivity contribution is -0.383. The van der Waals surface area contributed by atoms with Crippen molar-refractivity contribution in [2.24, 2.45) is 0 Å². The molecule has 1 aromatic rings. The van der Waals surface area contributed by atoms with E-state index >= 15 is 0 Å². The Bertz CT molecular complexity index is 452.